The predicted molar refractivity (Wildman–Crippen MR) is 96.0 cm³/mol. The van der Waals surface area contributed by atoms with E-state index < -0.39 is 23.3 Å². The van der Waals surface area contributed by atoms with Crippen LogP contribution in [0.5, 0.6) is 0 Å². The van der Waals surface area contributed by atoms with Gasteiger partial charge in [-0.2, -0.15) is 0 Å². The zero-order valence-corrected chi connectivity index (χ0v) is 15.2. The van der Waals surface area contributed by atoms with E-state index in [-0.39, 0.29) is 29.8 Å². The van der Waals surface area contributed by atoms with Crippen molar-refractivity contribution in [1.82, 2.24) is 10.2 Å². The first-order valence-corrected chi connectivity index (χ1v) is 8.90. The summed E-state index contributed by atoms with van der Waals surface area (Å²) in [5, 5.41) is 13.1. The number of ether oxygens (including phenoxy) is 1. The molecule has 9 heteroatoms. The smallest absolute Gasteiger partial charge is 0.325 e. The number of nitro benzene ring substituents is 1. The third kappa shape index (κ3) is 5.77. The summed E-state index contributed by atoms with van der Waals surface area (Å²) in [6.45, 7) is 1.90. The number of likely N-dealkylation sites (tertiary alicyclic amines) is 1. The fourth-order valence-corrected chi connectivity index (χ4v) is 3.04. The van der Waals surface area contributed by atoms with Crippen LogP contribution in [0.3, 0.4) is 0 Å². The van der Waals surface area contributed by atoms with Crippen LogP contribution in [0.1, 0.15) is 43.0 Å². The van der Waals surface area contributed by atoms with Crippen LogP contribution in [0.4, 0.5) is 5.69 Å². The quantitative estimate of drug-likeness (QED) is 0.438. The van der Waals surface area contributed by atoms with E-state index in [1.54, 1.807) is 4.90 Å². The molecule has 27 heavy (non-hydrogen) atoms. The van der Waals surface area contributed by atoms with E-state index in [9.17, 15) is 24.5 Å². The van der Waals surface area contributed by atoms with Crippen LogP contribution in [0, 0.1) is 10.1 Å². The van der Waals surface area contributed by atoms with Gasteiger partial charge in [-0.3, -0.25) is 24.5 Å². The number of nitro groups is 1. The highest BCUT2D eigenvalue weighted by Gasteiger charge is 2.25. The maximum Gasteiger partial charge on any atom is 0.325 e. The van der Waals surface area contributed by atoms with E-state index in [1.807, 2.05) is 6.92 Å². The van der Waals surface area contributed by atoms with Gasteiger partial charge < -0.3 is 15.0 Å². The van der Waals surface area contributed by atoms with Crippen molar-refractivity contribution in [2.24, 2.45) is 0 Å². The molecule has 1 aliphatic heterocycles. The maximum absolute atomic E-state index is 12.2. The Bertz CT molecular complexity index is 721. The Morgan fingerprint density at radius 1 is 1.33 bits per heavy atom. The van der Waals surface area contributed by atoms with Gasteiger partial charge in [0.1, 0.15) is 6.54 Å². The number of hydrogen-bond donors (Lipinski definition) is 1. The third-order valence-corrected chi connectivity index (χ3v) is 4.49. The molecule has 0 saturated carbocycles. The summed E-state index contributed by atoms with van der Waals surface area (Å²) < 4.78 is 4.95. The van der Waals surface area contributed by atoms with Crippen molar-refractivity contribution < 1.29 is 24.0 Å². The average molecular weight is 377 g/mol. The van der Waals surface area contributed by atoms with Crippen LogP contribution in [-0.2, 0) is 14.3 Å². The maximum atomic E-state index is 12.2. The second-order valence-electron chi connectivity index (χ2n) is 6.30. The van der Waals surface area contributed by atoms with Gasteiger partial charge in [0.25, 0.3) is 17.5 Å². The molecule has 1 aromatic rings. The highest BCUT2D eigenvalue weighted by atomic mass is 16.6. The van der Waals surface area contributed by atoms with E-state index >= 15 is 0 Å². The van der Waals surface area contributed by atoms with Crippen molar-refractivity contribution >= 4 is 23.5 Å². The molecule has 1 aliphatic rings. The summed E-state index contributed by atoms with van der Waals surface area (Å²) in [4.78, 5) is 47.8. The molecule has 1 heterocycles. The number of esters is 1. The van der Waals surface area contributed by atoms with Gasteiger partial charge in [-0.1, -0.05) is 13.0 Å². The minimum Gasteiger partial charge on any atom is -0.454 e. The molecule has 2 rings (SSSR count). The monoisotopic (exact) mass is 377 g/mol. The van der Waals surface area contributed by atoms with Gasteiger partial charge in [0.05, 0.1) is 4.92 Å². The number of benzene rings is 1. The summed E-state index contributed by atoms with van der Waals surface area (Å²) in [5.41, 5.74) is -0.157. The number of carbonyl (C=O) groups is 3. The SMILES string of the molecule is CC[C@H]1CCCCN1C(=O)COC(=O)CNC(=O)c1cccc([N+](=O)[O-])c1. The zero-order valence-electron chi connectivity index (χ0n) is 15.2. The van der Waals surface area contributed by atoms with Gasteiger partial charge in [0.2, 0.25) is 0 Å². The molecule has 1 aromatic carbocycles. The standard InChI is InChI=1S/C18H23N3O6/c1-2-14-7-3-4-9-20(14)16(22)12-27-17(23)11-19-18(24)13-6-5-8-15(10-13)21(25)26/h5-6,8,10,14H,2-4,7,9,11-12H2,1H3,(H,19,24)/t14-/m0/s1. The number of nitrogens with one attached hydrogen (secondary N) is 1. The Morgan fingerprint density at radius 3 is 2.81 bits per heavy atom. The van der Waals surface area contributed by atoms with Crippen molar-refractivity contribution in [1.29, 1.82) is 0 Å². The summed E-state index contributed by atoms with van der Waals surface area (Å²) in [7, 11) is 0. The first-order chi connectivity index (χ1) is 12.9. The van der Waals surface area contributed by atoms with Gasteiger partial charge in [-0.05, 0) is 31.7 Å². The Labute approximate surface area is 156 Å². The fraction of sp³-hybridized carbons (Fsp3) is 0.500. The van der Waals surface area contributed by atoms with Crippen LogP contribution in [0.2, 0.25) is 0 Å². The molecule has 0 spiro atoms. The zero-order chi connectivity index (χ0) is 19.8. The lowest BCUT2D eigenvalue weighted by Gasteiger charge is -2.35. The van der Waals surface area contributed by atoms with Gasteiger partial charge >= 0.3 is 5.97 Å². The summed E-state index contributed by atoms with van der Waals surface area (Å²) >= 11 is 0. The van der Waals surface area contributed by atoms with Gasteiger partial charge in [0, 0.05) is 30.3 Å². The molecule has 146 valence electrons. The van der Waals surface area contributed by atoms with Crippen LogP contribution < -0.4 is 5.32 Å². The summed E-state index contributed by atoms with van der Waals surface area (Å²) in [5.74, 6) is -1.61. The Balaban J connectivity index is 1.78. The highest BCUT2D eigenvalue weighted by molar-refractivity contribution is 5.96. The van der Waals surface area contributed by atoms with E-state index in [2.05, 4.69) is 5.32 Å². The number of rotatable bonds is 7. The van der Waals surface area contributed by atoms with Crippen molar-refractivity contribution in [2.45, 2.75) is 38.6 Å². The number of piperidine rings is 1. The van der Waals surface area contributed by atoms with Crippen LogP contribution >= 0.6 is 0 Å². The van der Waals surface area contributed by atoms with Gasteiger partial charge in [-0.15, -0.1) is 0 Å². The van der Waals surface area contributed by atoms with Crippen molar-refractivity contribution in [3.63, 3.8) is 0 Å². The summed E-state index contributed by atoms with van der Waals surface area (Å²) in [6.07, 6.45) is 3.84. The largest absolute Gasteiger partial charge is 0.454 e. The molecular formula is C18H23N3O6. The molecule has 1 N–H and O–H groups in total. The van der Waals surface area contributed by atoms with E-state index in [0.29, 0.717) is 6.54 Å². The minimum atomic E-state index is -0.743. The number of non-ortho nitro benzene ring substituents is 1. The van der Waals surface area contributed by atoms with Crippen molar-refractivity contribution in [2.75, 3.05) is 19.7 Å². The lowest BCUT2D eigenvalue weighted by molar-refractivity contribution is -0.384. The highest BCUT2D eigenvalue weighted by Crippen LogP contribution is 2.19. The number of carbonyl (C=O) groups excluding carboxylic acids is 3. The normalized spacial score (nSPS) is 16.5. The Hall–Kier alpha value is -2.97. The second-order valence-corrected chi connectivity index (χ2v) is 6.30. The number of amides is 2. The molecular weight excluding hydrogens is 354 g/mol. The topological polar surface area (TPSA) is 119 Å². The molecule has 2 amide bonds. The molecule has 1 fully saturated rings. The first kappa shape index (κ1) is 20.3. The molecule has 0 radical (unpaired) electrons. The predicted octanol–water partition coefficient (Wildman–Crippen LogP) is 1.66. The van der Waals surface area contributed by atoms with Crippen molar-refractivity contribution in [3.05, 3.63) is 39.9 Å². The van der Waals surface area contributed by atoms with Crippen LogP contribution in [-0.4, -0.2) is 53.3 Å². The molecule has 0 aromatic heterocycles. The molecule has 1 atom stereocenters. The lowest BCUT2D eigenvalue weighted by Crippen LogP contribution is -2.45. The average Bonchev–Trinajstić information content (AvgIpc) is 2.70. The third-order valence-electron chi connectivity index (χ3n) is 4.49. The molecule has 1 saturated heterocycles. The molecule has 0 unspecified atom stereocenters. The fourth-order valence-electron chi connectivity index (χ4n) is 3.04. The molecule has 9 nitrogen and oxygen atoms in total. The van der Waals surface area contributed by atoms with E-state index in [4.69, 9.17) is 4.74 Å². The van der Waals surface area contributed by atoms with Crippen LogP contribution in [0.25, 0.3) is 0 Å². The van der Waals surface area contributed by atoms with E-state index in [0.717, 1.165) is 31.7 Å². The minimum absolute atomic E-state index is 0.0622. The van der Waals surface area contributed by atoms with Crippen molar-refractivity contribution in [3.8, 4) is 0 Å². The Morgan fingerprint density at radius 2 is 2.11 bits per heavy atom. The summed E-state index contributed by atoms with van der Waals surface area (Å²) in [6, 6.07) is 5.34. The second kappa shape index (κ2) is 9.65. The number of nitrogens with zero attached hydrogens (tertiary/aromatic N) is 2. The molecule has 0 aliphatic carbocycles. The lowest BCUT2D eigenvalue weighted by atomic mass is 10.00. The van der Waals surface area contributed by atoms with E-state index in [1.165, 1.54) is 18.2 Å². The van der Waals surface area contributed by atoms with Gasteiger partial charge in [-0.25, -0.2) is 0 Å². The number of hydrogen-bond acceptors (Lipinski definition) is 6. The van der Waals surface area contributed by atoms with Crippen LogP contribution in [0.15, 0.2) is 24.3 Å². The molecule has 0 bridgehead atoms. The van der Waals surface area contributed by atoms with Gasteiger partial charge in [0.15, 0.2) is 6.61 Å². The first-order valence-electron chi connectivity index (χ1n) is 8.90. The Kier molecular flexibility index (Phi) is 7.27.